The number of para-hydroxylation sites is 1. The normalized spacial score (nSPS) is 10.7. The largest absolute Gasteiger partial charge is 0.324 e. The van der Waals surface area contributed by atoms with E-state index in [1.165, 1.54) is 4.68 Å². The summed E-state index contributed by atoms with van der Waals surface area (Å²) < 4.78 is 1.18. The molecule has 0 unspecified atom stereocenters. The highest BCUT2D eigenvalue weighted by Gasteiger charge is 2.11. The summed E-state index contributed by atoms with van der Waals surface area (Å²) in [6.07, 6.45) is 1.60. The molecule has 0 saturated carbocycles. The van der Waals surface area contributed by atoms with Gasteiger partial charge in [0, 0.05) is 16.6 Å². The number of nitrogens with one attached hydrogen (secondary N) is 1. The molecular formula is C22H17N3O2. The molecule has 4 rings (SSSR count). The molecule has 5 heteroatoms. The molecule has 1 heterocycles. The van der Waals surface area contributed by atoms with Crippen LogP contribution in [-0.2, 0) is 11.3 Å². The van der Waals surface area contributed by atoms with E-state index in [4.69, 9.17) is 0 Å². The Balaban J connectivity index is 1.60. The molecule has 0 aliphatic heterocycles. The maximum Gasteiger partial charge on any atom is 0.275 e. The minimum atomic E-state index is -0.303. The number of nitrogens with zero attached hydrogens (tertiary/aromatic N) is 2. The van der Waals surface area contributed by atoms with Crippen LogP contribution in [0.4, 0.5) is 5.69 Å². The third kappa shape index (κ3) is 3.48. The van der Waals surface area contributed by atoms with E-state index in [9.17, 15) is 9.59 Å². The lowest BCUT2D eigenvalue weighted by Gasteiger charge is -2.12. The molecule has 0 spiro atoms. The number of carbonyl (C=O) groups is 1. The molecule has 0 radical (unpaired) electrons. The van der Waals surface area contributed by atoms with Gasteiger partial charge < -0.3 is 5.32 Å². The van der Waals surface area contributed by atoms with Gasteiger partial charge in [-0.15, -0.1) is 0 Å². The number of carbonyl (C=O) groups excluding carboxylic acids is 1. The van der Waals surface area contributed by atoms with E-state index in [2.05, 4.69) is 10.4 Å². The van der Waals surface area contributed by atoms with Gasteiger partial charge in [-0.3, -0.25) is 9.59 Å². The smallest absolute Gasteiger partial charge is 0.275 e. The predicted octanol–water partition coefficient (Wildman–Crippen LogP) is 3.70. The Morgan fingerprint density at radius 1 is 0.889 bits per heavy atom. The van der Waals surface area contributed by atoms with Crippen molar-refractivity contribution in [1.82, 2.24) is 9.78 Å². The van der Waals surface area contributed by atoms with Crippen molar-refractivity contribution in [3.8, 4) is 11.1 Å². The van der Waals surface area contributed by atoms with Crippen molar-refractivity contribution in [1.29, 1.82) is 0 Å². The minimum Gasteiger partial charge on any atom is -0.324 e. The quantitative estimate of drug-likeness (QED) is 0.607. The average molecular weight is 355 g/mol. The Kier molecular flexibility index (Phi) is 4.49. The molecule has 132 valence electrons. The summed E-state index contributed by atoms with van der Waals surface area (Å²) in [5.41, 5.74) is 2.35. The molecule has 3 aromatic carbocycles. The van der Waals surface area contributed by atoms with Gasteiger partial charge in [0.1, 0.15) is 6.54 Å². The van der Waals surface area contributed by atoms with Gasteiger partial charge in [-0.1, -0.05) is 66.7 Å². The van der Waals surface area contributed by atoms with E-state index < -0.39 is 0 Å². The third-order valence-corrected chi connectivity index (χ3v) is 4.34. The standard InChI is InChI=1S/C22H17N3O2/c26-21(15-25-22(27)19-12-5-4-10-17(19)14-23-25)24-20-13-7-6-11-18(20)16-8-2-1-3-9-16/h1-14H,15H2,(H,24,26). The SMILES string of the molecule is O=C(Cn1ncc2ccccc2c1=O)Nc1ccccc1-c1ccccc1. The van der Waals surface area contributed by atoms with Gasteiger partial charge in [-0.25, -0.2) is 4.68 Å². The summed E-state index contributed by atoms with van der Waals surface area (Å²) in [7, 11) is 0. The molecule has 0 saturated heterocycles. The molecular weight excluding hydrogens is 338 g/mol. The summed E-state index contributed by atoms with van der Waals surface area (Å²) in [4.78, 5) is 25.1. The Morgan fingerprint density at radius 2 is 1.59 bits per heavy atom. The summed E-state index contributed by atoms with van der Waals surface area (Å²) in [5.74, 6) is -0.303. The first-order valence-electron chi connectivity index (χ1n) is 8.61. The first kappa shape index (κ1) is 16.7. The van der Waals surface area contributed by atoms with Crippen LogP contribution in [0.5, 0.6) is 0 Å². The highest BCUT2D eigenvalue weighted by molar-refractivity contribution is 5.95. The fourth-order valence-electron chi connectivity index (χ4n) is 3.03. The Bertz CT molecular complexity index is 1170. The van der Waals surface area contributed by atoms with Crippen LogP contribution >= 0.6 is 0 Å². The molecule has 0 aliphatic carbocycles. The van der Waals surface area contributed by atoms with Gasteiger partial charge in [0.15, 0.2) is 0 Å². The van der Waals surface area contributed by atoms with Crippen LogP contribution in [0.3, 0.4) is 0 Å². The molecule has 1 amide bonds. The molecule has 27 heavy (non-hydrogen) atoms. The molecule has 0 bridgehead atoms. The zero-order chi connectivity index (χ0) is 18.6. The molecule has 1 N–H and O–H groups in total. The van der Waals surface area contributed by atoms with Crippen LogP contribution in [0.25, 0.3) is 21.9 Å². The predicted molar refractivity (Wildman–Crippen MR) is 107 cm³/mol. The highest BCUT2D eigenvalue weighted by Crippen LogP contribution is 2.27. The van der Waals surface area contributed by atoms with Crippen LogP contribution in [0.15, 0.2) is 89.9 Å². The maximum atomic E-state index is 12.5. The van der Waals surface area contributed by atoms with Crippen LogP contribution < -0.4 is 10.9 Å². The topological polar surface area (TPSA) is 64.0 Å². The number of rotatable bonds is 4. The fourth-order valence-corrected chi connectivity index (χ4v) is 3.03. The summed E-state index contributed by atoms with van der Waals surface area (Å²) in [6.45, 7) is -0.146. The second-order valence-electron chi connectivity index (χ2n) is 6.15. The van der Waals surface area contributed by atoms with E-state index >= 15 is 0 Å². The number of aromatic nitrogens is 2. The zero-order valence-corrected chi connectivity index (χ0v) is 14.5. The zero-order valence-electron chi connectivity index (χ0n) is 14.5. The van der Waals surface area contributed by atoms with Gasteiger partial charge in [0.25, 0.3) is 5.56 Å². The number of amides is 1. The van der Waals surface area contributed by atoms with Crippen molar-refractivity contribution >= 4 is 22.4 Å². The highest BCUT2D eigenvalue weighted by atomic mass is 16.2. The second kappa shape index (κ2) is 7.25. The van der Waals surface area contributed by atoms with Crippen molar-refractivity contribution in [2.24, 2.45) is 0 Å². The van der Waals surface area contributed by atoms with E-state index in [0.29, 0.717) is 11.1 Å². The minimum absolute atomic E-state index is 0.146. The number of hydrogen-bond donors (Lipinski definition) is 1. The van der Waals surface area contributed by atoms with E-state index in [1.807, 2.05) is 66.7 Å². The summed E-state index contributed by atoms with van der Waals surface area (Å²) in [6, 6.07) is 24.6. The van der Waals surface area contributed by atoms with Crippen LogP contribution in [0.1, 0.15) is 0 Å². The lowest BCUT2D eigenvalue weighted by Crippen LogP contribution is -2.29. The molecule has 0 atom stereocenters. The van der Waals surface area contributed by atoms with Crippen molar-refractivity contribution < 1.29 is 4.79 Å². The lowest BCUT2D eigenvalue weighted by molar-refractivity contribution is -0.117. The van der Waals surface area contributed by atoms with Crippen molar-refractivity contribution in [3.63, 3.8) is 0 Å². The van der Waals surface area contributed by atoms with E-state index in [0.717, 1.165) is 16.5 Å². The molecule has 1 aromatic heterocycles. The van der Waals surface area contributed by atoms with Gasteiger partial charge in [-0.05, 0) is 17.7 Å². The van der Waals surface area contributed by atoms with E-state index in [1.54, 1.807) is 18.3 Å². The van der Waals surface area contributed by atoms with Crippen LogP contribution in [0.2, 0.25) is 0 Å². The third-order valence-electron chi connectivity index (χ3n) is 4.34. The average Bonchev–Trinajstić information content (AvgIpc) is 2.71. The molecule has 0 aliphatic rings. The second-order valence-corrected chi connectivity index (χ2v) is 6.15. The fraction of sp³-hybridized carbons (Fsp3) is 0.0455. The molecule has 0 fully saturated rings. The Morgan fingerprint density at radius 3 is 2.44 bits per heavy atom. The van der Waals surface area contributed by atoms with Crippen LogP contribution in [0, 0.1) is 0 Å². The maximum absolute atomic E-state index is 12.5. The van der Waals surface area contributed by atoms with Crippen molar-refractivity contribution in [2.75, 3.05) is 5.32 Å². The first-order valence-corrected chi connectivity index (χ1v) is 8.61. The number of benzene rings is 3. The monoisotopic (exact) mass is 355 g/mol. The van der Waals surface area contributed by atoms with Crippen LogP contribution in [-0.4, -0.2) is 15.7 Å². The lowest BCUT2D eigenvalue weighted by atomic mass is 10.0. The van der Waals surface area contributed by atoms with Crippen molar-refractivity contribution in [3.05, 3.63) is 95.4 Å². The number of hydrogen-bond acceptors (Lipinski definition) is 3. The summed E-state index contributed by atoms with van der Waals surface area (Å²) >= 11 is 0. The first-order chi connectivity index (χ1) is 13.2. The molecule has 4 aromatic rings. The van der Waals surface area contributed by atoms with Crippen molar-refractivity contribution in [2.45, 2.75) is 6.54 Å². The Labute approximate surface area is 155 Å². The van der Waals surface area contributed by atoms with Gasteiger partial charge >= 0.3 is 0 Å². The molecule has 5 nitrogen and oxygen atoms in total. The van der Waals surface area contributed by atoms with Gasteiger partial charge in [0.2, 0.25) is 5.91 Å². The van der Waals surface area contributed by atoms with Gasteiger partial charge in [-0.2, -0.15) is 5.10 Å². The van der Waals surface area contributed by atoms with Gasteiger partial charge in [0.05, 0.1) is 11.6 Å². The Hall–Kier alpha value is -3.73. The van der Waals surface area contributed by atoms with E-state index in [-0.39, 0.29) is 18.0 Å². The number of fused-ring (bicyclic) bond motifs is 1. The summed E-state index contributed by atoms with van der Waals surface area (Å²) in [5, 5.41) is 8.31. The number of anilines is 1.